The molecule has 90 valence electrons. The molecule has 1 saturated carbocycles. The SMILES string of the molecule is CCN(CC(O)CNC(C)C)CC1CC1. The number of rotatable bonds is 8. The van der Waals surface area contributed by atoms with Gasteiger partial charge in [-0.25, -0.2) is 0 Å². The fraction of sp³-hybridized carbons (Fsp3) is 1.00. The third-order valence-electron chi connectivity index (χ3n) is 2.89. The zero-order chi connectivity index (χ0) is 11.3. The lowest BCUT2D eigenvalue weighted by molar-refractivity contribution is 0.110. The Morgan fingerprint density at radius 1 is 1.40 bits per heavy atom. The van der Waals surface area contributed by atoms with Crippen LogP contribution in [0.3, 0.4) is 0 Å². The molecule has 3 heteroatoms. The molecule has 0 spiro atoms. The van der Waals surface area contributed by atoms with Crippen LogP contribution in [-0.4, -0.2) is 48.3 Å². The van der Waals surface area contributed by atoms with E-state index in [1.807, 2.05) is 0 Å². The molecule has 2 N–H and O–H groups in total. The van der Waals surface area contributed by atoms with E-state index in [1.165, 1.54) is 19.4 Å². The highest BCUT2D eigenvalue weighted by Crippen LogP contribution is 2.29. The highest BCUT2D eigenvalue weighted by molar-refractivity contribution is 4.78. The lowest BCUT2D eigenvalue weighted by atomic mass is 10.2. The molecule has 15 heavy (non-hydrogen) atoms. The Bertz CT molecular complexity index is 169. The van der Waals surface area contributed by atoms with Crippen molar-refractivity contribution in [1.29, 1.82) is 0 Å². The van der Waals surface area contributed by atoms with Crippen LogP contribution >= 0.6 is 0 Å². The summed E-state index contributed by atoms with van der Waals surface area (Å²) in [6.45, 7) is 10.1. The van der Waals surface area contributed by atoms with E-state index in [0.717, 1.165) is 19.0 Å². The number of aliphatic hydroxyl groups is 1. The van der Waals surface area contributed by atoms with Crippen LogP contribution < -0.4 is 5.32 Å². The average molecular weight is 214 g/mol. The molecule has 0 aliphatic heterocycles. The van der Waals surface area contributed by atoms with Crippen LogP contribution in [-0.2, 0) is 0 Å². The number of nitrogens with one attached hydrogen (secondary N) is 1. The molecule has 1 aliphatic rings. The van der Waals surface area contributed by atoms with Crippen LogP contribution in [0.4, 0.5) is 0 Å². The molecule has 1 unspecified atom stereocenters. The summed E-state index contributed by atoms with van der Waals surface area (Å²) in [6.07, 6.45) is 2.54. The minimum absolute atomic E-state index is 0.230. The first-order valence-corrected chi connectivity index (χ1v) is 6.25. The van der Waals surface area contributed by atoms with Gasteiger partial charge in [-0.2, -0.15) is 0 Å². The van der Waals surface area contributed by atoms with Crippen LogP contribution in [0, 0.1) is 5.92 Å². The van der Waals surface area contributed by atoms with E-state index >= 15 is 0 Å². The first kappa shape index (κ1) is 12.9. The third kappa shape index (κ3) is 6.13. The van der Waals surface area contributed by atoms with Gasteiger partial charge in [0.1, 0.15) is 0 Å². The zero-order valence-corrected chi connectivity index (χ0v) is 10.4. The molecule has 0 aromatic rings. The third-order valence-corrected chi connectivity index (χ3v) is 2.89. The van der Waals surface area contributed by atoms with Crippen LogP contribution in [0.5, 0.6) is 0 Å². The Morgan fingerprint density at radius 2 is 2.07 bits per heavy atom. The fourth-order valence-electron chi connectivity index (χ4n) is 1.73. The number of hydrogen-bond acceptors (Lipinski definition) is 3. The van der Waals surface area contributed by atoms with Gasteiger partial charge < -0.3 is 15.3 Å². The maximum absolute atomic E-state index is 9.83. The normalized spacial score (nSPS) is 18.8. The van der Waals surface area contributed by atoms with Gasteiger partial charge in [-0.05, 0) is 25.3 Å². The number of aliphatic hydroxyl groups excluding tert-OH is 1. The van der Waals surface area contributed by atoms with Gasteiger partial charge in [-0.3, -0.25) is 0 Å². The lowest BCUT2D eigenvalue weighted by Crippen LogP contribution is -2.40. The van der Waals surface area contributed by atoms with Crippen LogP contribution in [0.2, 0.25) is 0 Å². The second-order valence-corrected chi connectivity index (χ2v) is 5.01. The molecule has 1 fully saturated rings. The van der Waals surface area contributed by atoms with Gasteiger partial charge in [-0.1, -0.05) is 20.8 Å². The summed E-state index contributed by atoms with van der Waals surface area (Å²) in [4.78, 5) is 2.37. The highest BCUT2D eigenvalue weighted by Gasteiger charge is 2.24. The molecular weight excluding hydrogens is 188 g/mol. The van der Waals surface area contributed by atoms with Gasteiger partial charge in [-0.15, -0.1) is 0 Å². The van der Waals surface area contributed by atoms with E-state index in [9.17, 15) is 5.11 Å². The van der Waals surface area contributed by atoms with Crippen molar-refractivity contribution in [3.8, 4) is 0 Å². The van der Waals surface area contributed by atoms with Crippen molar-refractivity contribution in [2.24, 2.45) is 5.92 Å². The molecule has 0 aromatic carbocycles. The van der Waals surface area contributed by atoms with E-state index in [4.69, 9.17) is 0 Å². The minimum atomic E-state index is -0.230. The average Bonchev–Trinajstić information content (AvgIpc) is 2.97. The smallest absolute Gasteiger partial charge is 0.0791 e. The largest absolute Gasteiger partial charge is 0.390 e. The summed E-state index contributed by atoms with van der Waals surface area (Å²) < 4.78 is 0. The molecular formula is C12H26N2O. The van der Waals surface area contributed by atoms with Gasteiger partial charge in [0.25, 0.3) is 0 Å². The predicted molar refractivity (Wildman–Crippen MR) is 64.0 cm³/mol. The summed E-state index contributed by atoms with van der Waals surface area (Å²) in [6, 6.07) is 0.457. The Balaban J connectivity index is 2.11. The maximum atomic E-state index is 9.83. The summed E-state index contributed by atoms with van der Waals surface area (Å²) in [7, 11) is 0. The van der Waals surface area contributed by atoms with Crippen LogP contribution in [0.15, 0.2) is 0 Å². The molecule has 0 heterocycles. The zero-order valence-electron chi connectivity index (χ0n) is 10.4. The van der Waals surface area contributed by atoms with E-state index in [-0.39, 0.29) is 6.10 Å². The Kier molecular flexibility index (Phi) is 5.58. The monoisotopic (exact) mass is 214 g/mol. The molecule has 3 nitrogen and oxygen atoms in total. The summed E-state index contributed by atoms with van der Waals surface area (Å²) in [5, 5.41) is 13.1. The van der Waals surface area contributed by atoms with E-state index in [0.29, 0.717) is 12.6 Å². The van der Waals surface area contributed by atoms with Crippen LogP contribution in [0.1, 0.15) is 33.6 Å². The molecule has 0 radical (unpaired) electrons. The van der Waals surface area contributed by atoms with Gasteiger partial charge in [0.2, 0.25) is 0 Å². The first-order valence-electron chi connectivity index (χ1n) is 6.25. The summed E-state index contributed by atoms with van der Waals surface area (Å²) in [5.41, 5.74) is 0. The van der Waals surface area contributed by atoms with Crippen molar-refractivity contribution in [2.75, 3.05) is 26.2 Å². The second kappa shape index (κ2) is 6.46. The molecule has 1 rings (SSSR count). The Hall–Kier alpha value is -0.120. The fourth-order valence-corrected chi connectivity index (χ4v) is 1.73. The number of nitrogens with zero attached hydrogens (tertiary/aromatic N) is 1. The molecule has 0 bridgehead atoms. The number of hydrogen-bond donors (Lipinski definition) is 2. The van der Waals surface area contributed by atoms with E-state index < -0.39 is 0 Å². The Labute approximate surface area is 93.9 Å². The summed E-state index contributed by atoms with van der Waals surface area (Å²) in [5.74, 6) is 0.912. The Morgan fingerprint density at radius 3 is 2.53 bits per heavy atom. The van der Waals surface area contributed by atoms with Crippen molar-refractivity contribution in [2.45, 2.75) is 45.8 Å². The van der Waals surface area contributed by atoms with Crippen molar-refractivity contribution in [3.05, 3.63) is 0 Å². The van der Waals surface area contributed by atoms with Crippen molar-refractivity contribution < 1.29 is 5.11 Å². The molecule has 0 aromatic heterocycles. The first-order chi connectivity index (χ1) is 7.11. The van der Waals surface area contributed by atoms with Gasteiger partial charge in [0.05, 0.1) is 6.10 Å². The predicted octanol–water partition coefficient (Wildman–Crippen LogP) is 1.08. The molecule has 1 aliphatic carbocycles. The van der Waals surface area contributed by atoms with Gasteiger partial charge in [0.15, 0.2) is 0 Å². The summed E-state index contributed by atoms with van der Waals surface area (Å²) >= 11 is 0. The van der Waals surface area contributed by atoms with Crippen molar-refractivity contribution in [3.63, 3.8) is 0 Å². The quantitative estimate of drug-likeness (QED) is 0.634. The minimum Gasteiger partial charge on any atom is -0.390 e. The van der Waals surface area contributed by atoms with Gasteiger partial charge >= 0.3 is 0 Å². The molecule has 0 saturated heterocycles. The molecule has 1 atom stereocenters. The van der Waals surface area contributed by atoms with Crippen LogP contribution in [0.25, 0.3) is 0 Å². The van der Waals surface area contributed by atoms with Gasteiger partial charge in [0, 0.05) is 25.7 Å². The topological polar surface area (TPSA) is 35.5 Å². The van der Waals surface area contributed by atoms with Crippen molar-refractivity contribution in [1.82, 2.24) is 10.2 Å². The second-order valence-electron chi connectivity index (χ2n) is 5.01. The molecule has 0 amide bonds. The van der Waals surface area contributed by atoms with E-state index in [2.05, 4.69) is 31.0 Å². The van der Waals surface area contributed by atoms with Crippen molar-refractivity contribution >= 4 is 0 Å². The highest BCUT2D eigenvalue weighted by atomic mass is 16.3. The maximum Gasteiger partial charge on any atom is 0.0791 e. The lowest BCUT2D eigenvalue weighted by Gasteiger charge is -2.24. The van der Waals surface area contributed by atoms with E-state index in [1.54, 1.807) is 0 Å². The number of likely N-dealkylation sites (N-methyl/N-ethyl adjacent to an activating group) is 1. The standard InChI is InChI=1S/C12H26N2O/c1-4-14(8-11-5-6-11)9-12(15)7-13-10(2)3/h10-13,15H,4-9H2,1-3H3.